The van der Waals surface area contributed by atoms with Gasteiger partial charge in [-0.2, -0.15) is 0 Å². The van der Waals surface area contributed by atoms with Crippen LogP contribution >= 0.6 is 0 Å². The van der Waals surface area contributed by atoms with Crippen molar-refractivity contribution in [1.82, 2.24) is 4.90 Å². The van der Waals surface area contributed by atoms with Gasteiger partial charge in [-0.15, -0.1) is 0 Å². The van der Waals surface area contributed by atoms with E-state index in [4.69, 9.17) is 0 Å². The smallest absolute Gasteiger partial charge is 0.254 e. The molecule has 2 aromatic rings. The molecule has 2 aliphatic heterocycles. The van der Waals surface area contributed by atoms with Gasteiger partial charge in [-0.3, -0.25) is 4.79 Å². The molecule has 0 aliphatic carbocycles. The summed E-state index contributed by atoms with van der Waals surface area (Å²) >= 11 is 0. The number of benzene rings is 2. The van der Waals surface area contributed by atoms with Gasteiger partial charge in [0.2, 0.25) is 0 Å². The number of hydrogen-bond donors (Lipinski definition) is 1. The third-order valence-corrected chi connectivity index (χ3v) is 6.41. The highest BCUT2D eigenvalue weighted by Crippen LogP contribution is 2.51. The summed E-state index contributed by atoms with van der Waals surface area (Å²) in [6.07, 6.45) is 3.74. The largest absolute Gasteiger partial charge is 0.396 e. The van der Waals surface area contributed by atoms with Gasteiger partial charge in [0.15, 0.2) is 0 Å². The number of carbonyl (C=O) groups excluding carboxylic acids is 1. The molecule has 4 heteroatoms. The van der Waals surface area contributed by atoms with E-state index in [0.29, 0.717) is 0 Å². The lowest BCUT2D eigenvalue weighted by Crippen LogP contribution is -2.44. The molecule has 2 aromatic carbocycles. The Morgan fingerprint density at radius 3 is 2.63 bits per heavy atom. The van der Waals surface area contributed by atoms with Gasteiger partial charge >= 0.3 is 0 Å². The molecule has 3 atom stereocenters. The Hall–Kier alpha value is -2.33. The molecular formula is C23H28N2O2. The third-order valence-electron chi connectivity index (χ3n) is 6.41. The first-order valence-electron chi connectivity index (χ1n) is 9.79. The fraction of sp³-hybridized carbons (Fsp3) is 0.435. The topological polar surface area (TPSA) is 43.8 Å². The molecule has 0 radical (unpaired) electrons. The molecule has 142 valence electrons. The van der Waals surface area contributed by atoms with Crippen LogP contribution < -0.4 is 4.90 Å². The van der Waals surface area contributed by atoms with Crippen LogP contribution in [0.4, 0.5) is 5.69 Å². The van der Waals surface area contributed by atoms with Crippen molar-refractivity contribution in [1.29, 1.82) is 0 Å². The Morgan fingerprint density at radius 2 is 1.93 bits per heavy atom. The summed E-state index contributed by atoms with van der Waals surface area (Å²) in [4.78, 5) is 17.5. The molecule has 2 bridgehead atoms. The van der Waals surface area contributed by atoms with Crippen molar-refractivity contribution in [2.24, 2.45) is 5.41 Å². The minimum absolute atomic E-state index is 0.106. The SMILES string of the molecule is CN(C)c1cccc(C(=O)N2[C@@H]3CC[C@H]2[C@](CO)(Cc2ccccc2)C3)c1. The minimum Gasteiger partial charge on any atom is -0.396 e. The Kier molecular flexibility index (Phi) is 4.68. The second-order valence-electron chi connectivity index (χ2n) is 8.29. The van der Waals surface area contributed by atoms with E-state index in [1.807, 2.05) is 61.5 Å². The van der Waals surface area contributed by atoms with Crippen LogP contribution in [0.3, 0.4) is 0 Å². The fourth-order valence-electron chi connectivity index (χ4n) is 5.08. The zero-order valence-electron chi connectivity index (χ0n) is 16.1. The van der Waals surface area contributed by atoms with E-state index in [-0.39, 0.29) is 30.0 Å². The van der Waals surface area contributed by atoms with Crippen molar-refractivity contribution >= 4 is 11.6 Å². The average molecular weight is 364 g/mol. The van der Waals surface area contributed by atoms with Crippen molar-refractivity contribution in [3.63, 3.8) is 0 Å². The molecular weight excluding hydrogens is 336 g/mol. The van der Waals surface area contributed by atoms with Gasteiger partial charge < -0.3 is 14.9 Å². The van der Waals surface area contributed by atoms with E-state index >= 15 is 0 Å². The predicted octanol–water partition coefficient (Wildman–Crippen LogP) is 3.35. The van der Waals surface area contributed by atoms with Crippen LogP contribution in [-0.2, 0) is 6.42 Å². The maximum atomic E-state index is 13.4. The molecule has 1 amide bonds. The van der Waals surface area contributed by atoms with E-state index < -0.39 is 0 Å². The first kappa shape index (κ1) is 18.1. The average Bonchev–Trinajstić information content (AvgIpc) is 3.24. The summed E-state index contributed by atoms with van der Waals surface area (Å²) < 4.78 is 0. The number of amides is 1. The lowest BCUT2D eigenvalue weighted by molar-refractivity contribution is 0.0571. The molecule has 4 nitrogen and oxygen atoms in total. The molecule has 0 spiro atoms. The van der Waals surface area contributed by atoms with Crippen molar-refractivity contribution in [3.8, 4) is 0 Å². The fourth-order valence-corrected chi connectivity index (χ4v) is 5.08. The van der Waals surface area contributed by atoms with Crippen LogP contribution in [0, 0.1) is 5.41 Å². The lowest BCUT2D eigenvalue weighted by atomic mass is 9.70. The molecule has 2 heterocycles. The highest BCUT2D eigenvalue weighted by molar-refractivity contribution is 5.96. The zero-order chi connectivity index (χ0) is 19.0. The van der Waals surface area contributed by atoms with E-state index in [1.165, 1.54) is 5.56 Å². The first-order chi connectivity index (χ1) is 13.0. The van der Waals surface area contributed by atoms with E-state index in [2.05, 4.69) is 17.0 Å². The van der Waals surface area contributed by atoms with E-state index in [9.17, 15) is 9.90 Å². The van der Waals surface area contributed by atoms with Gasteiger partial charge in [-0.05, 0) is 49.4 Å². The summed E-state index contributed by atoms with van der Waals surface area (Å²) in [5, 5.41) is 10.3. The van der Waals surface area contributed by atoms with Crippen LogP contribution in [0.2, 0.25) is 0 Å². The quantitative estimate of drug-likeness (QED) is 0.885. The van der Waals surface area contributed by atoms with Crippen LogP contribution in [0.15, 0.2) is 54.6 Å². The van der Waals surface area contributed by atoms with Crippen molar-refractivity contribution < 1.29 is 9.90 Å². The number of anilines is 1. The van der Waals surface area contributed by atoms with Crippen molar-refractivity contribution in [3.05, 3.63) is 65.7 Å². The van der Waals surface area contributed by atoms with Crippen LogP contribution in [0.1, 0.15) is 35.2 Å². The van der Waals surface area contributed by atoms with Gasteiger partial charge in [0.05, 0.1) is 6.61 Å². The summed E-state index contributed by atoms with van der Waals surface area (Å²) in [5.41, 5.74) is 2.79. The number of hydrogen-bond acceptors (Lipinski definition) is 3. The third kappa shape index (κ3) is 3.12. The molecule has 0 aromatic heterocycles. The van der Waals surface area contributed by atoms with Gasteiger partial charge in [-0.25, -0.2) is 0 Å². The number of rotatable bonds is 5. The minimum atomic E-state index is -0.223. The predicted molar refractivity (Wildman–Crippen MR) is 108 cm³/mol. The second-order valence-corrected chi connectivity index (χ2v) is 8.29. The van der Waals surface area contributed by atoms with E-state index in [1.54, 1.807) is 0 Å². The van der Waals surface area contributed by atoms with Gasteiger partial charge in [0.25, 0.3) is 5.91 Å². The molecule has 2 fully saturated rings. The summed E-state index contributed by atoms with van der Waals surface area (Å²) in [6, 6.07) is 18.5. The van der Waals surface area contributed by atoms with Crippen LogP contribution in [0.5, 0.6) is 0 Å². The van der Waals surface area contributed by atoms with Crippen molar-refractivity contribution in [2.75, 3.05) is 25.6 Å². The Labute approximate surface area is 161 Å². The van der Waals surface area contributed by atoms with Crippen LogP contribution in [-0.4, -0.2) is 48.7 Å². The maximum Gasteiger partial charge on any atom is 0.254 e. The number of carbonyl (C=O) groups is 1. The van der Waals surface area contributed by atoms with Gasteiger partial charge in [-0.1, -0.05) is 36.4 Å². The lowest BCUT2D eigenvalue weighted by Gasteiger charge is -2.36. The number of aliphatic hydroxyl groups is 1. The molecule has 1 N–H and O–H groups in total. The highest BCUT2D eigenvalue weighted by atomic mass is 16.3. The summed E-state index contributed by atoms with van der Waals surface area (Å²) in [7, 11) is 3.97. The molecule has 0 saturated carbocycles. The Balaban J connectivity index is 1.61. The maximum absolute atomic E-state index is 13.4. The standard InChI is InChI=1S/C23H28N2O2/c1-24(2)19-10-6-9-18(13-19)22(27)25-20-11-12-21(25)23(15-20,16-26)14-17-7-4-3-5-8-17/h3-10,13,20-21,26H,11-12,14-16H2,1-2H3/t20-,21+,23-/m1/s1. The number of nitrogens with zero attached hydrogens (tertiary/aromatic N) is 2. The zero-order valence-corrected chi connectivity index (χ0v) is 16.1. The highest BCUT2D eigenvalue weighted by Gasteiger charge is 2.57. The first-order valence-corrected chi connectivity index (χ1v) is 9.79. The Morgan fingerprint density at radius 1 is 1.15 bits per heavy atom. The molecule has 2 saturated heterocycles. The number of fused-ring (bicyclic) bond motifs is 2. The summed E-state index contributed by atoms with van der Waals surface area (Å²) in [5.74, 6) is 0.106. The second kappa shape index (κ2) is 7.01. The summed E-state index contributed by atoms with van der Waals surface area (Å²) in [6.45, 7) is 0.130. The molecule has 27 heavy (non-hydrogen) atoms. The van der Waals surface area contributed by atoms with Crippen LogP contribution in [0.25, 0.3) is 0 Å². The molecule has 4 rings (SSSR count). The van der Waals surface area contributed by atoms with Gasteiger partial charge in [0, 0.05) is 42.8 Å². The number of aliphatic hydroxyl groups excluding tert-OH is 1. The van der Waals surface area contributed by atoms with Crippen molar-refractivity contribution in [2.45, 2.75) is 37.8 Å². The Bertz CT molecular complexity index is 820. The van der Waals surface area contributed by atoms with E-state index in [0.717, 1.165) is 36.9 Å². The molecule has 0 unspecified atom stereocenters. The monoisotopic (exact) mass is 364 g/mol. The normalized spacial score (nSPS) is 26.4. The molecule has 2 aliphatic rings. The van der Waals surface area contributed by atoms with Gasteiger partial charge in [0.1, 0.15) is 0 Å².